The second kappa shape index (κ2) is 8.21. The average Bonchev–Trinajstić information content (AvgIpc) is 2.51. The Balaban J connectivity index is 2.13. The molecule has 0 saturated carbocycles. The molecule has 0 aliphatic rings. The first-order valence-electron chi connectivity index (χ1n) is 6.58. The maximum absolute atomic E-state index is 12.1. The van der Waals surface area contributed by atoms with Crippen molar-refractivity contribution in [3.8, 4) is 0 Å². The van der Waals surface area contributed by atoms with E-state index in [0.717, 1.165) is 0 Å². The second-order valence-electron chi connectivity index (χ2n) is 4.66. The second-order valence-corrected chi connectivity index (χ2v) is 8.94. The molecule has 1 aromatic carbocycles. The van der Waals surface area contributed by atoms with E-state index in [1.54, 1.807) is 0 Å². The van der Waals surface area contributed by atoms with Crippen LogP contribution < -0.4 is 5.32 Å². The van der Waals surface area contributed by atoms with Gasteiger partial charge in [-0.15, -0.1) is 0 Å². The quantitative estimate of drug-likeness (QED) is 0.361. The molecule has 2 rings (SSSR count). The molecule has 14 heteroatoms. The molecule has 0 bridgehead atoms. The van der Waals surface area contributed by atoms with Crippen LogP contribution in [0.4, 0.5) is 11.5 Å². The Morgan fingerprint density at radius 2 is 1.65 bits per heavy atom. The number of anilines is 2. The Morgan fingerprint density at radius 3 is 2.23 bits per heavy atom. The van der Waals surface area contributed by atoms with Crippen molar-refractivity contribution in [2.45, 2.75) is 4.90 Å². The normalized spacial score (nSPS) is 12.2. The fourth-order valence-electron chi connectivity index (χ4n) is 1.73. The first-order chi connectivity index (χ1) is 12.0. The Hall–Kier alpha value is -1.21. The standard InChI is InChI=1S/C12H10Cl3N3O6S2/c13-9-10(14)17-12(15)18-11(9)16-7-1-3-8(4-2-7)25(19,20)6-5-24-26(21,22)23/h1-4H,5-6H2,(H,16,17,18)(H,21,22,23). The average molecular weight is 463 g/mol. The Labute approximate surface area is 164 Å². The van der Waals surface area contributed by atoms with E-state index in [0.29, 0.717) is 5.69 Å². The SMILES string of the molecule is O=S(=O)(O)OCCS(=O)(=O)c1ccc(Nc2nc(Cl)nc(Cl)c2Cl)cc1. The molecule has 0 fully saturated rings. The monoisotopic (exact) mass is 461 g/mol. The number of nitrogens with one attached hydrogen (secondary N) is 1. The summed E-state index contributed by atoms with van der Waals surface area (Å²) in [5.41, 5.74) is 0.436. The summed E-state index contributed by atoms with van der Waals surface area (Å²) >= 11 is 17.4. The van der Waals surface area contributed by atoms with Crippen molar-refractivity contribution >= 4 is 66.5 Å². The third kappa shape index (κ3) is 5.91. The molecule has 0 radical (unpaired) electrons. The molecule has 0 aliphatic heterocycles. The zero-order valence-electron chi connectivity index (χ0n) is 12.6. The van der Waals surface area contributed by atoms with Crippen molar-refractivity contribution in [3.05, 3.63) is 39.7 Å². The molecule has 26 heavy (non-hydrogen) atoms. The summed E-state index contributed by atoms with van der Waals surface area (Å²) in [6, 6.07) is 5.42. The lowest BCUT2D eigenvalue weighted by atomic mass is 10.3. The van der Waals surface area contributed by atoms with Crippen molar-refractivity contribution in [2.75, 3.05) is 17.7 Å². The van der Waals surface area contributed by atoms with E-state index in [-0.39, 0.29) is 26.2 Å². The number of aromatic nitrogens is 2. The molecular formula is C12H10Cl3N3O6S2. The van der Waals surface area contributed by atoms with Gasteiger partial charge in [0.1, 0.15) is 5.02 Å². The van der Waals surface area contributed by atoms with Crippen LogP contribution >= 0.6 is 34.8 Å². The highest BCUT2D eigenvalue weighted by Gasteiger charge is 2.17. The highest BCUT2D eigenvalue weighted by Crippen LogP contribution is 2.30. The molecule has 0 atom stereocenters. The number of rotatable bonds is 7. The van der Waals surface area contributed by atoms with Crippen LogP contribution in [0, 0.1) is 0 Å². The van der Waals surface area contributed by atoms with E-state index in [9.17, 15) is 16.8 Å². The largest absolute Gasteiger partial charge is 0.397 e. The summed E-state index contributed by atoms with van der Waals surface area (Å²) in [6.07, 6.45) is 0. The lowest BCUT2D eigenvalue weighted by Gasteiger charge is -2.09. The summed E-state index contributed by atoms with van der Waals surface area (Å²) in [4.78, 5) is 7.46. The lowest BCUT2D eigenvalue weighted by molar-refractivity contribution is 0.284. The lowest BCUT2D eigenvalue weighted by Crippen LogP contribution is -2.15. The van der Waals surface area contributed by atoms with E-state index in [1.807, 2.05) is 0 Å². The topological polar surface area (TPSA) is 136 Å². The van der Waals surface area contributed by atoms with Gasteiger partial charge in [0.25, 0.3) is 0 Å². The number of halogens is 3. The minimum atomic E-state index is -4.70. The van der Waals surface area contributed by atoms with Gasteiger partial charge in [-0.2, -0.15) is 13.4 Å². The van der Waals surface area contributed by atoms with Crippen LogP contribution in [0.3, 0.4) is 0 Å². The molecule has 0 aliphatic carbocycles. The summed E-state index contributed by atoms with van der Waals surface area (Å²) in [5, 5.41) is 2.67. The van der Waals surface area contributed by atoms with Gasteiger partial charge in [-0.25, -0.2) is 17.6 Å². The van der Waals surface area contributed by atoms with E-state index < -0.39 is 32.6 Å². The summed E-state index contributed by atoms with van der Waals surface area (Å²) < 4.78 is 57.5. The molecule has 2 N–H and O–H groups in total. The molecule has 1 aromatic heterocycles. The van der Waals surface area contributed by atoms with Gasteiger partial charge in [0.15, 0.2) is 20.8 Å². The third-order valence-corrected chi connectivity index (χ3v) is 5.90. The molecule has 1 heterocycles. The van der Waals surface area contributed by atoms with Crippen LogP contribution in [0.25, 0.3) is 0 Å². The predicted octanol–water partition coefficient (Wildman–Crippen LogP) is 2.77. The smallest absolute Gasteiger partial charge is 0.339 e. The van der Waals surface area contributed by atoms with Gasteiger partial charge < -0.3 is 5.32 Å². The van der Waals surface area contributed by atoms with Crippen molar-refractivity contribution < 1.29 is 25.6 Å². The van der Waals surface area contributed by atoms with E-state index in [2.05, 4.69) is 19.5 Å². The number of hydrogen-bond acceptors (Lipinski definition) is 8. The predicted molar refractivity (Wildman–Crippen MR) is 96.3 cm³/mol. The van der Waals surface area contributed by atoms with Gasteiger partial charge in [-0.3, -0.25) is 4.55 Å². The molecule has 9 nitrogen and oxygen atoms in total. The van der Waals surface area contributed by atoms with Crippen molar-refractivity contribution in [3.63, 3.8) is 0 Å². The number of hydrogen-bond donors (Lipinski definition) is 2. The Morgan fingerprint density at radius 1 is 1.04 bits per heavy atom. The highest BCUT2D eigenvalue weighted by molar-refractivity contribution is 7.91. The molecular weight excluding hydrogens is 453 g/mol. The number of sulfone groups is 1. The minimum absolute atomic E-state index is 0.0372. The summed E-state index contributed by atoms with van der Waals surface area (Å²) in [6.45, 7) is -0.714. The van der Waals surface area contributed by atoms with E-state index in [4.69, 9.17) is 39.4 Å². The van der Waals surface area contributed by atoms with Crippen LogP contribution in [0.15, 0.2) is 29.2 Å². The fraction of sp³-hybridized carbons (Fsp3) is 0.167. The maximum atomic E-state index is 12.1. The molecule has 2 aromatic rings. The number of nitrogens with zero attached hydrogens (tertiary/aromatic N) is 2. The van der Waals surface area contributed by atoms with Gasteiger partial charge in [-0.05, 0) is 35.9 Å². The molecule has 0 spiro atoms. The zero-order valence-corrected chi connectivity index (χ0v) is 16.5. The van der Waals surface area contributed by atoms with Gasteiger partial charge in [0.2, 0.25) is 5.28 Å². The first kappa shape index (κ1) is 21.1. The van der Waals surface area contributed by atoms with Crippen LogP contribution in [0.2, 0.25) is 15.5 Å². The molecule has 0 saturated heterocycles. The van der Waals surface area contributed by atoms with Crippen molar-refractivity contribution in [2.24, 2.45) is 0 Å². The summed E-state index contributed by atoms with van der Waals surface area (Å²) in [7, 11) is -8.52. The first-order valence-corrected chi connectivity index (χ1v) is 10.7. The number of benzene rings is 1. The highest BCUT2D eigenvalue weighted by atomic mass is 35.5. The molecule has 0 amide bonds. The zero-order chi connectivity index (χ0) is 19.5. The Bertz CT molecular complexity index is 1010. The van der Waals surface area contributed by atoms with Crippen LogP contribution in [0.1, 0.15) is 0 Å². The third-order valence-electron chi connectivity index (χ3n) is 2.84. The van der Waals surface area contributed by atoms with E-state index >= 15 is 0 Å². The minimum Gasteiger partial charge on any atom is -0.339 e. The van der Waals surface area contributed by atoms with Crippen LogP contribution in [-0.4, -0.2) is 43.7 Å². The summed E-state index contributed by atoms with van der Waals surface area (Å²) in [5.74, 6) is -0.503. The van der Waals surface area contributed by atoms with Gasteiger partial charge in [0, 0.05) is 5.69 Å². The van der Waals surface area contributed by atoms with E-state index in [1.165, 1.54) is 24.3 Å². The molecule has 142 valence electrons. The fourth-order valence-corrected chi connectivity index (χ4v) is 3.73. The molecule has 0 unspecified atom stereocenters. The Kier molecular flexibility index (Phi) is 6.66. The van der Waals surface area contributed by atoms with Gasteiger partial charge in [0.05, 0.1) is 17.3 Å². The van der Waals surface area contributed by atoms with Crippen LogP contribution in [-0.2, 0) is 24.4 Å². The van der Waals surface area contributed by atoms with Crippen molar-refractivity contribution in [1.29, 1.82) is 0 Å². The maximum Gasteiger partial charge on any atom is 0.397 e. The van der Waals surface area contributed by atoms with Crippen LogP contribution in [0.5, 0.6) is 0 Å². The van der Waals surface area contributed by atoms with Gasteiger partial charge in [-0.1, -0.05) is 23.2 Å². The van der Waals surface area contributed by atoms with Crippen molar-refractivity contribution in [1.82, 2.24) is 9.97 Å². The van der Waals surface area contributed by atoms with Gasteiger partial charge >= 0.3 is 10.4 Å².